The van der Waals surface area contributed by atoms with Gasteiger partial charge in [-0.3, -0.25) is 4.79 Å². The lowest BCUT2D eigenvalue weighted by Crippen LogP contribution is -2.35. The number of fused-ring (bicyclic) bond motifs is 2. The number of carbonyl (C=O) groups excluding carboxylic acids is 2. The molecule has 5 heteroatoms. The first-order valence-corrected chi connectivity index (χ1v) is 15.6. The van der Waals surface area contributed by atoms with Gasteiger partial charge >= 0.3 is 0 Å². The summed E-state index contributed by atoms with van der Waals surface area (Å²) in [7, 11) is 0. The van der Waals surface area contributed by atoms with Crippen molar-refractivity contribution in [2.45, 2.75) is 124 Å². The number of ketones is 1. The van der Waals surface area contributed by atoms with E-state index in [1.165, 1.54) is 61.8 Å². The lowest BCUT2D eigenvalue weighted by molar-refractivity contribution is -0.118. The topological polar surface area (TPSA) is 60.3 Å². The lowest BCUT2D eigenvalue weighted by Gasteiger charge is -2.33. The fourth-order valence-corrected chi connectivity index (χ4v) is 7.18. The van der Waals surface area contributed by atoms with Gasteiger partial charge in [0, 0.05) is 47.1 Å². The molecule has 5 rings (SSSR count). The van der Waals surface area contributed by atoms with Crippen molar-refractivity contribution in [2.75, 3.05) is 13.2 Å². The van der Waals surface area contributed by atoms with Gasteiger partial charge in [-0.25, -0.2) is 0 Å². The SMILES string of the molecule is CC(=O)CC(C)(C)CNC(=O)c1cn(-c2cc(C(C)(C)C)c3c(c2)C2(CCO3)CC2)c(CC2CCCCC2)c1C. The molecule has 1 spiro atoms. The molecule has 2 aromatic rings. The Hall–Kier alpha value is -2.56. The number of ether oxygens (including phenoxy) is 1. The van der Waals surface area contributed by atoms with Crippen LogP contribution in [0.25, 0.3) is 5.69 Å². The van der Waals surface area contributed by atoms with E-state index < -0.39 is 0 Å². The van der Waals surface area contributed by atoms with Gasteiger partial charge < -0.3 is 19.4 Å². The minimum Gasteiger partial charge on any atom is -0.493 e. The zero-order chi connectivity index (χ0) is 28.9. The van der Waals surface area contributed by atoms with E-state index in [2.05, 4.69) is 55.9 Å². The Labute approximate surface area is 241 Å². The van der Waals surface area contributed by atoms with Gasteiger partial charge in [-0.15, -0.1) is 0 Å². The minimum absolute atomic E-state index is 0.0474. The maximum atomic E-state index is 13.6. The van der Waals surface area contributed by atoms with Crippen molar-refractivity contribution in [2.24, 2.45) is 11.3 Å². The Balaban J connectivity index is 1.57. The molecular weight excluding hydrogens is 496 g/mol. The molecule has 1 aromatic carbocycles. The Morgan fingerprint density at radius 2 is 1.75 bits per heavy atom. The average molecular weight is 547 g/mol. The maximum absolute atomic E-state index is 13.6. The molecule has 0 bridgehead atoms. The van der Waals surface area contributed by atoms with Gasteiger partial charge in [-0.2, -0.15) is 0 Å². The average Bonchev–Trinajstić information content (AvgIpc) is 3.58. The second-order valence-corrected chi connectivity index (χ2v) is 14.9. The van der Waals surface area contributed by atoms with Crippen molar-refractivity contribution < 1.29 is 14.3 Å². The quantitative estimate of drug-likeness (QED) is 0.368. The van der Waals surface area contributed by atoms with Gasteiger partial charge in [-0.05, 0) is 74.0 Å². The molecule has 0 unspecified atom stereocenters. The van der Waals surface area contributed by atoms with Crippen LogP contribution in [0.5, 0.6) is 5.75 Å². The molecule has 2 heterocycles. The summed E-state index contributed by atoms with van der Waals surface area (Å²) in [6.45, 7) is 15.9. The molecule has 40 heavy (non-hydrogen) atoms. The molecule has 1 N–H and O–H groups in total. The number of aromatic nitrogens is 1. The van der Waals surface area contributed by atoms with E-state index in [1.54, 1.807) is 6.92 Å². The molecule has 3 aliphatic rings. The van der Waals surface area contributed by atoms with Crippen LogP contribution in [0, 0.1) is 18.3 Å². The van der Waals surface area contributed by atoms with Crippen molar-refractivity contribution in [3.8, 4) is 11.4 Å². The van der Waals surface area contributed by atoms with Crippen molar-refractivity contribution in [1.29, 1.82) is 0 Å². The summed E-state index contributed by atoms with van der Waals surface area (Å²) < 4.78 is 8.69. The summed E-state index contributed by atoms with van der Waals surface area (Å²) >= 11 is 0. The molecule has 5 nitrogen and oxygen atoms in total. The van der Waals surface area contributed by atoms with Crippen LogP contribution in [0.2, 0.25) is 0 Å². The van der Waals surface area contributed by atoms with E-state index >= 15 is 0 Å². The highest BCUT2D eigenvalue weighted by molar-refractivity contribution is 5.96. The van der Waals surface area contributed by atoms with E-state index in [9.17, 15) is 9.59 Å². The Morgan fingerprint density at radius 3 is 2.38 bits per heavy atom. The molecule has 2 fully saturated rings. The van der Waals surface area contributed by atoms with E-state index in [-0.39, 0.29) is 27.9 Å². The van der Waals surface area contributed by atoms with Crippen LogP contribution in [0.15, 0.2) is 18.3 Å². The van der Waals surface area contributed by atoms with Crippen LogP contribution in [0.4, 0.5) is 0 Å². The zero-order valence-electron chi connectivity index (χ0n) is 26.0. The molecule has 0 atom stereocenters. The van der Waals surface area contributed by atoms with Gasteiger partial charge in [0.1, 0.15) is 11.5 Å². The van der Waals surface area contributed by atoms with Crippen molar-refractivity contribution in [3.63, 3.8) is 0 Å². The van der Waals surface area contributed by atoms with Crippen molar-refractivity contribution in [3.05, 3.63) is 46.3 Å². The Morgan fingerprint density at radius 1 is 1.05 bits per heavy atom. The standard InChI is InChI=1S/C35H50N2O3/c1-23(38)20-34(6,7)22-36-32(39)27-21-37(30(24(27)2)17-25-11-9-8-10-12-25)26-18-28(33(3,4)5)31-29(19-26)35(13-14-35)15-16-40-31/h18-19,21,25H,8-17,20,22H2,1-7H3,(H,36,39). The van der Waals surface area contributed by atoms with Crippen molar-refractivity contribution >= 4 is 11.7 Å². The molecule has 0 radical (unpaired) electrons. The smallest absolute Gasteiger partial charge is 0.253 e. The van der Waals surface area contributed by atoms with Crippen LogP contribution < -0.4 is 10.1 Å². The number of amides is 1. The highest BCUT2D eigenvalue weighted by Gasteiger charge is 2.49. The Bertz CT molecular complexity index is 1270. The number of benzene rings is 1. The van der Waals surface area contributed by atoms with Gasteiger partial charge in [0.25, 0.3) is 5.91 Å². The molecule has 1 amide bonds. The summed E-state index contributed by atoms with van der Waals surface area (Å²) in [6.07, 6.45) is 13.6. The highest BCUT2D eigenvalue weighted by atomic mass is 16.5. The molecule has 1 aromatic heterocycles. The number of hydrogen-bond donors (Lipinski definition) is 1. The third-order valence-corrected chi connectivity index (χ3v) is 9.70. The fourth-order valence-electron chi connectivity index (χ4n) is 7.18. The van der Waals surface area contributed by atoms with Crippen LogP contribution in [0.3, 0.4) is 0 Å². The first-order chi connectivity index (χ1) is 18.8. The fraction of sp³-hybridized carbons (Fsp3) is 0.657. The third-order valence-electron chi connectivity index (χ3n) is 9.70. The molecule has 0 saturated heterocycles. The number of rotatable bonds is 8. The summed E-state index contributed by atoms with van der Waals surface area (Å²) in [5.41, 5.74) is 6.82. The maximum Gasteiger partial charge on any atom is 0.253 e. The third kappa shape index (κ3) is 5.90. The first-order valence-electron chi connectivity index (χ1n) is 15.6. The summed E-state index contributed by atoms with van der Waals surface area (Å²) in [4.78, 5) is 25.4. The highest BCUT2D eigenvalue weighted by Crippen LogP contribution is 2.58. The predicted octanol–water partition coefficient (Wildman–Crippen LogP) is 7.76. The van der Waals surface area contributed by atoms with Crippen LogP contribution in [0.1, 0.15) is 132 Å². The van der Waals surface area contributed by atoms with Crippen LogP contribution in [-0.4, -0.2) is 29.4 Å². The molecular formula is C35H50N2O3. The lowest BCUT2D eigenvalue weighted by atomic mass is 9.80. The molecule has 1 aliphatic heterocycles. The van der Waals surface area contributed by atoms with E-state index in [0.717, 1.165) is 42.0 Å². The van der Waals surface area contributed by atoms with Crippen LogP contribution in [-0.2, 0) is 22.0 Å². The van der Waals surface area contributed by atoms with Crippen LogP contribution >= 0.6 is 0 Å². The first kappa shape index (κ1) is 29.0. The van der Waals surface area contributed by atoms with Gasteiger partial charge in [0.2, 0.25) is 0 Å². The van der Waals surface area contributed by atoms with Gasteiger partial charge in [-0.1, -0.05) is 66.7 Å². The summed E-state index contributed by atoms with van der Waals surface area (Å²) in [5.74, 6) is 1.86. The van der Waals surface area contributed by atoms with E-state index in [1.807, 2.05) is 13.8 Å². The number of Topliss-reactive ketones (excluding diaryl/α,β-unsaturated/α-hetero) is 1. The largest absolute Gasteiger partial charge is 0.493 e. The number of nitrogens with one attached hydrogen (secondary N) is 1. The van der Waals surface area contributed by atoms with Gasteiger partial charge in [0.05, 0.1) is 12.2 Å². The second-order valence-electron chi connectivity index (χ2n) is 14.9. The molecule has 2 aliphatic carbocycles. The van der Waals surface area contributed by atoms with Gasteiger partial charge in [0.15, 0.2) is 0 Å². The molecule has 2 saturated carbocycles. The van der Waals surface area contributed by atoms with E-state index in [0.29, 0.717) is 18.9 Å². The summed E-state index contributed by atoms with van der Waals surface area (Å²) in [6, 6.07) is 4.69. The monoisotopic (exact) mass is 546 g/mol. The second kappa shape index (κ2) is 10.7. The Kier molecular flexibility index (Phi) is 7.74. The molecule has 218 valence electrons. The predicted molar refractivity (Wildman–Crippen MR) is 162 cm³/mol. The minimum atomic E-state index is -0.276. The normalized spacial score (nSPS) is 18.8. The number of carbonyl (C=O) groups is 2. The van der Waals surface area contributed by atoms with Crippen molar-refractivity contribution in [1.82, 2.24) is 9.88 Å². The summed E-state index contributed by atoms with van der Waals surface area (Å²) in [5, 5.41) is 3.17. The number of nitrogens with zero attached hydrogens (tertiary/aromatic N) is 1. The van der Waals surface area contributed by atoms with E-state index in [4.69, 9.17) is 4.74 Å². The number of hydrogen-bond acceptors (Lipinski definition) is 3. The zero-order valence-corrected chi connectivity index (χ0v) is 26.0.